The van der Waals surface area contributed by atoms with E-state index in [4.69, 9.17) is 17.3 Å². The van der Waals surface area contributed by atoms with Crippen LogP contribution in [0.3, 0.4) is 0 Å². The zero-order chi connectivity index (χ0) is 14.2. The predicted octanol–water partition coefficient (Wildman–Crippen LogP) is 3.55. The van der Waals surface area contributed by atoms with Crippen LogP contribution in [0.5, 0.6) is 0 Å². The van der Waals surface area contributed by atoms with Gasteiger partial charge in [0.25, 0.3) is 0 Å². The van der Waals surface area contributed by atoms with E-state index in [9.17, 15) is 13.2 Å². The van der Waals surface area contributed by atoms with E-state index in [0.29, 0.717) is 15.1 Å². The lowest BCUT2D eigenvalue weighted by Crippen LogP contribution is -2.14. The van der Waals surface area contributed by atoms with Gasteiger partial charge < -0.3 is 10.3 Å². The van der Waals surface area contributed by atoms with Gasteiger partial charge in [-0.05, 0) is 33.6 Å². The fourth-order valence-corrected chi connectivity index (χ4v) is 1.77. The van der Waals surface area contributed by atoms with E-state index < -0.39 is 18.1 Å². The highest BCUT2D eigenvalue weighted by atomic mass is 79.9. The van der Waals surface area contributed by atoms with Crippen LogP contribution in [0.4, 0.5) is 13.2 Å². The first kappa shape index (κ1) is 14.3. The lowest BCUT2D eigenvalue weighted by atomic mass is 10.1. The van der Waals surface area contributed by atoms with Gasteiger partial charge in [0.2, 0.25) is 0 Å². The summed E-state index contributed by atoms with van der Waals surface area (Å²) in [5, 5.41) is 3.61. The van der Waals surface area contributed by atoms with Gasteiger partial charge in [-0.25, -0.2) is 0 Å². The average molecular weight is 357 g/mol. The maximum atomic E-state index is 12.3. The van der Waals surface area contributed by atoms with Crippen molar-refractivity contribution in [2.24, 2.45) is 5.73 Å². The molecule has 1 atom stereocenters. The van der Waals surface area contributed by atoms with Gasteiger partial charge in [0.1, 0.15) is 0 Å². The molecule has 0 spiro atoms. The Morgan fingerprint density at radius 2 is 2.05 bits per heavy atom. The van der Waals surface area contributed by atoms with Crippen LogP contribution in [-0.2, 0) is 6.18 Å². The highest BCUT2D eigenvalue weighted by Crippen LogP contribution is 2.30. The van der Waals surface area contributed by atoms with Gasteiger partial charge in [-0.1, -0.05) is 22.8 Å². The molecule has 1 aromatic carbocycles. The van der Waals surface area contributed by atoms with Gasteiger partial charge in [0.05, 0.1) is 11.1 Å². The van der Waals surface area contributed by atoms with Crippen LogP contribution in [-0.4, -0.2) is 10.1 Å². The number of alkyl halides is 3. The third kappa shape index (κ3) is 3.07. The smallest absolute Gasteiger partial charge is 0.329 e. The minimum atomic E-state index is -4.69. The van der Waals surface area contributed by atoms with Crippen LogP contribution in [0, 0.1) is 0 Å². The largest absolute Gasteiger partial charge is 0.471 e. The normalized spacial score (nSPS) is 13.6. The second-order valence-corrected chi connectivity index (χ2v) is 4.87. The molecule has 0 saturated carbocycles. The summed E-state index contributed by atoms with van der Waals surface area (Å²) in [5.74, 6) is -1.69. The molecule has 2 rings (SSSR count). The molecule has 1 aromatic heterocycles. The van der Waals surface area contributed by atoms with E-state index in [-0.39, 0.29) is 5.82 Å². The Bertz CT molecular complexity index is 602. The molecule has 102 valence electrons. The number of hydrogen-bond donors (Lipinski definition) is 1. The molecule has 9 heteroatoms. The Hall–Kier alpha value is -1.12. The summed E-state index contributed by atoms with van der Waals surface area (Å²) >= 11 is 9.07. The van der Waals surface area contributed by atoms with E-state index >= 15 is 0 Å². The highest BCUT2D eigenvalue weighted by molar-refractivity contribution is 9.10. The fraction of sp³-hybridized carbons (Fsp3) is 0.200. The van der Waals surface area contributed by atoms with E-state index in [2.05, 4.69) is 30.6 Å². The molecule has 0 aliphatic rings. The summed E-state index contributed by atoms with van der Waals surface area (Å²) in [6.45, 7) is 0. The van der Waals surface area contributed by atoms with E-state index in [1.54, 1.807) is 12.1 Å². The first-order valence-electron chi connectivity index (χ1n) is 4.90. The van der Waals surface area contributed by atoms with Gasteiger partial charge >= 0.3 is 12.1 Å². The predicted molar refractivity (Wildman–Crippen MR) is 64.5 cm³/mol. The summed E-state index contributed by atoms with van der Waals surface area (Å²) in [5.41, 5.74) is 6.24. The Morgan fingerprint density at radius 1 is 1.37 bits per heavy atom. The summed E-state index contributed by atoms with van der Waals surface area (Å²) in [6.07, 6.45) is -4.69. The van der Waals surface area contributed by atoms with Crippen LogP contribution >= 0.6 is 27.5 Å². The fourth-order valence-electron chi connectivity index (χ4n) is 1.33. The van der Waals surface area contributed by atoms with Gasteiger partial charge in [-0.15, -0.1) is 0 Å². The molecular formula is C10H6BrClF3N3O. The van der Waals surface area contributed by atoms with Gasteiger partial charge in [-0.3, -0.25) is 0 Å². The van der Waals surface area contributed by atoms with E-state index in [0.717, 1.165) is 0 Å². The van der Waals surface area contributed by atoms with E-state index in [1.165, 1.54) is 6.07 Å². The molecule has 0 saturated heterocycles. The van der Waals surface area contributed by atoms with Crippen molar-refractivity contribution >= 4 is 27.5 Å². The highest BCUT2D eigenvalue weighted by Gasteiger charge is 2.39. The molecule has 2 aromatic rings. The molecule has 0 aliphatic heterocycles. The second kappa shape index (κ2) is 5.10. The van der Waals surface area contributed by atoms with Crippen molar-refractivity contribution in [3.8, 4) is 0 Å². The van der Waals surface area contributed by atoms with Crippen LogP contribution in [0.2, 0.25) is 5.02 Å². The van der Waals surface area contributed by atoms with Crippen molar-refractivity contribution < 1.29 is 17.7 Å². The number of benzene rings is 1. The average Bonchev–Trinajstić information content (AvgIpc) is 2.81. The number of hydrogen-bond acceptors (Lipinski definition) is 4. The Morgan fingerprint density at radius 3 is 2.58 bits per heavy atom. The maximum absolute atomic E-state index is 12.3. The number of rotatable bonds is 2. The van der Waals surface area contributed by atoms with E-state index in [1.807, 2.05) is 0 Å². The molecule has 0 radical (unpaired) electrons. The summed E-state index contributed by atoms with van der Waals surface area (Å²) in [6, 6.07) is 3.79. The topological polar surface area (TPSA) is 64.9 Å². The summed E-state index contributed by atoms with van der Waals surface area (Å²) < 4.78 is 41.7. The van der Waals surface area contributed by atoms with Gasteiger partial charge in [0, 0.05) is 4.47 Å². The second-order valence-electron chi connectivity index (χ2n) is 3.61. The third-order valence-corrected chi connectivity index (χ3v) is 3.50. The maximum Gasteiger partial charge on any atom is 0.471 e. The minimum Gasteiger partial charge on any atom is -0.329 e. The summed E-state index contributed by atoms with van der Waals surface area (Å²) in [7, 11) is 0. The van der Waals surface area contributed by atoms with Gasteiger partial charge in [0.15, 0.2) is 5.82 Å². The molecular weight excluding hydrogens is 350 g/mol. The first-order chi connectivity index (χ1) is 8.79. The minimum absolute atomic E-state index is 0.259. The van der Waals surface area contributed by atoms with Crippen molar-refractivity contribution in [1.82, 2.24) is 10.1 Å². The number of nitrogens with two attached hydrogens (primary N) is 1. The molecule has 0 fully saturated rings. The van der Waals surface area contributed by atoms with Crippen molar-refractivity contribution in [2.45, 2.75) is 12.2 Å². The van der Waals surface area contributed by atoms with Gasteiger partial charge in [-0.2, -0.15) is 18.2 Å². The molecule has 2 N–H and O–H groups in total. The number of aromatic nitrogens is 2. The van der Waals surface area contributed by atoms with Crippen LogP contribution in [0.15, 0.2) is 27.2 Å². The monoisotopic (exact) mass is 355 g/mol. The zero-order valence-corrected chi connectivity index (χ0v) is 11.4. The lowest BCUT2D eigenvalue weighted by Gasteiger charge is -2.08. The Balaban J connectivity index is 2.31. The number of nitrogens with zero attached hydrogens (tertiary/aromatic N) is 2. The Kier molecular flexibility index (Phi) is 3.84. The molecule has 4 nitrogen and oxygen atoms in total. The lowest BCUT2D eigenvalue weighted by molar-refractivity contribution is -0.159. The molecule has 0 amide bonds. The molecule has 19 heavy (non-hydrogen) atoms. The first-order valence-corrected chi connectivity index (χ1v) is 6.07. The SMILES string of the molecule is NC(c1ccc(Br)c(Cl)c1)c1noc(C(F)(F)F)n1. The van der Waals surface area contributed by atoms with Crippen molar-refractivity contribution in [2.75, 3.05) is 0 Å². The van der Waals surface area contributed by atoms with Crippen molar-refractivity contribution in [1.29, 1.82) is 0 Å². The summed E-state index contributed by atoms with van der Waals surface area (Å²) in [4.78, 5) is 3.23. The molecule has 1 unspecified atom stereocenters. The Labute approximate surface area is 118 Å². The van der Waals surface area contributed by atoms with Crippen LogP contribution in [0.25, 0.3) is 0 Å². The quantitative estimate of drug-likeness (QED) is 0.894. The molecule has 1 heterocycles. The zero-order valence-electron chi connectivity index (χ0n) is 9.08. The van der Waals surface area contributed by atoms with Crippen LogP contribution < -0.4 is 5.73 Å². The van der Waals surface area contributed by atoms with Crippen molar-refractivity contribution in [3.63, 3.8) is 0 Å². The number of halogens is 5. The van der Waals surface area contributed by atoms with Crippen LogP contribution in [0.1, 0.15) is 23.3 Å². The standard InChI is InChI=1S/C10H6BrClF3N3O/c11-5-2-1-4(3-6(5)12)7(16)8-17-9(19-18-8)10(13,14)15/h1-3,7H,16H2. The molecule has 0 bridgehead atoms. The third-order valence-electron chi connectivity index (χ3n) is 2.27. The van der Waals surface area contributed by atoms with Crippen molar-refractivity contribution in [3.05, 3.63) is 45.0 Å². The molecule has 0 aliphatic carbocycles.